The predicted octanol–water partition coefficient (Wildman–Crippen LogP) is 4.76. The zero-order valence-corrected chi connectivity index (χ0v) is 18.1. The molecule has 1 N–H and O–H groups in total. The van der Waals surface area contributed by atoms with Crippen molar-refractivity contribution < 1.29 is 18.4 Å². The van der Waals surface area contributed by atoms with Crippen LogP contribution in [0, 0.1) is 12.7 Å². The van der Waals surface area contributed by atoms with Crippen LogP contribution in [0.3, 0.4) is 0 Å². The molecule has 0 aliphatic carbocycles. The van der Waals surface area contributed by atoms with Crippen molar-refractivity contribution >= 4 is 22.8 Å². The minimum absolute atomic E-state index is 0.0396. The van der Waals surface area contributed by atoms with Crippen molar-refractivity contribution in [3.05, 3.63) is 71.2 Å². The van der Waals surface area contributed by atoms with Gasteiger partial charge in [-0.15, -0.1) is 0 Å². The number of likely N-dealkylation sites (tertiary alicyclic amines) is 1. The Kier molecular flexibility index (Phi) is 5.45. The van der Waals surface area contributed by atoms with Gasteiger partial charge in [-0.25, -0.2) is 4.39 Å². The second kappa shape index (κ2) is 8.41. The summed E-state index contributed by atoms with van der Waals surface area (Å²) in [5.74, 6) is -0.102. The number of benzene rings is 2. The van der Waals surface area contributed by atoms with Crippen LogP contribution in [0.2, 0.25) is 0 Å². The lowest BCUT2D eigenvalue weighted by Crippen LogP contribution is -2.49. The molecule has 0 bridgehead atoms. The highest BCUT2D eigenvalue weighted by Gasteiger charge is 2.45. The van der Waals surface area contributed by atoms with Crippen LogP contribution < -0.4 is 5.32 Å². The molecule has 3 atom stereocenters. The second-order valence-corrected chi connectivity index (χ2v) is 9.08. The standard InChI is InChI=1S/C26H27FN2O3/c1-16-9-10-23-18(11-16)14-24(32-23)26(31)29-20(13-17-5-4-6-19(27)12-17)15-21-22(29)7-2-3-8-25(30)28-21/h4-6,9-12,14,20-22H,2-3,7-8,13,15H2,1H3,(H,28,30)/t20-,21+,22-/m1/s1. The fourth-order valence-corrected chi connectivity index (χ4v) is 5.27. The number of hydrogen-bond acceptors (Lipinski definition) is 3. The number of nitrogens with one attached hydrogen (secondary N) is 1. The molecule has 3 aromatic rings. The van der Waals surface area contributed by atoms with E-state index >= 15 is 0 Å². The van der Waals surface area contributed by atoms with Gasteiger partial charge in [-0.3, -0.25) is 9.59 Å². The molecule has 2 aliphatic heterocycles. The number of fused-ring (bicyclic) bond motifs is 2. The fraction of sp³-hybridized carbons (Fsp3) is 0.385. The largest absolute Gasteiger partial charge is 0.451 e. The van der Waals surface area contributed by atoms with Gasteiger partial charge in [-0.05, 0) is 68.5 Å². The van der Waals surface area contributed by atoms with Gasteiger partial charge in [0.2, 0.25) is 5.91 Å². The van der Waals surface area contributed by atoms with Crippen LogP contribution in [0.15, 0.2) is 52.9 Å². The maximum atomic E-state index is 13.8. The molecule has 5 rings (SSSR count). The van der Waals surface area contributed by atoms with Crippen molar-refractivity contribution in [3.8, 4) is 0 Å². The summed E-state index contributed by atoms with van der Waals surface area (Å²) in [6.45, 7) is 2.01. The Bertz CT molecular complexity index is 1170. The third-order valence-corrected chi connectivity index (χ3v) is 6.72. The first-order valence-electron chi connectivity index (χ1n) is 11.3. The summed E-state index contributed by atoms with van der Waals surface area (Å²) in [4.78, 5) is 27.9. The molecular weight excluding hydrogens is 407 g/mol. The summed E-state index contributed by atoms with van der Waals surface area (Å²) in [6, 6.07) is 13.8. The molecule has 2 saturated heterocycles. The molecule has 0 saturated carbocycles. The van der Waals surface area contributed by atoms with E-state index in [1.165, 1.54) is 12.1 Å². The van der Waals surface area contributed by atoms with Crippen LogP contribution >= 0.6 is 0 Å². The third-order valence-electron chi connectivity index (χ3n) is 6.72. The minimum atomic E-state index is -0.287. The minimum Gasteiger partial charge on any atom is -0.451 e. The molecule has 0 spiro atoms. The average Bonchev–Trinajstić information content (AvgIpc) is 3.30. The van der Waals surface area contributed by atoms with Gasteiger partial charge in [-0.1, -0.05) is 30.2 Å². The average molecular weight is 435 g/mol. The SMILES string of the molecule is Cc1ccc2oc(C(=O)N3[C@H](Cc4cccc(F)c4)C[C@@H]4NC(=O)CCCC[C@H]43)cc2c1. The van der Waals surface area contributed by atoms with E-state index in [-0.39, 0.29) is 35.8 Å². The Hall–Kier alpha value is -3.15. The molecular formula is C26H27FN2O3. The number of halogens is 1. The topological polar surface area (TPSA) is 62.6 Å². The highest BCUT2D eigenvalue weighted by atomic mass is 19.1. The Labute approximate surface area is 186 Å². The van der Waals surface area contributed by atoms with Crippen LogP contribution in [0.25, 0.3) is 11.0 Å². The molecule has 1 aromatic heterocycles. The number of rotatable bonds is 3. The Balaban J connectivity index is 1.50. The van der Waals surface area contributed by atoms with E-state index in [1.807, 2.05) is 36.1 Å². The second-order valence-electron chi connectivity index (χ2n) is 9.08. The van der Waals surface area contributed by atoms with Gasteiger partial charge in [0.25, 0.3) is 5.91 Å². The van der Waals surface area contributed by atoms with E-state index in [9.17, 15) is 14.0 Å². The molecule has 2 aromatic carbocycles. The van der Waals surface area contributed by atoms with E-state index < -0.39 is 0 Å². The van der Waals surface area contributed by atoms with Gasteiger partial charge in [-0.2, -0.15) is 0 Å². The number of hydrogen-bond donors (Lipinski definition) is 1. The first kappa shape index (κ1) is 20.7. The maximum Gasteiger partial charge on any atom is 0.290 e. The zero-order valence-electron chi connectivity index (χ0n) is 18.1. The van der Waals surface area contributed by atoms with Crippen molar-refractivity contribution in [3.63, 3.8) is 0 Å². The van der Waals surface area contributed by atoms with Crippen molar-refractivity contribution in [2.45, 2.75) is 63.6 Å². The molecule has 6 heteroatoms. The van der Waals surface area contributed by atoms with E-state index in [2.05, 4.69) is 5.32 Å². The summed E-state index contributed by atoms with van der Waals surface area (Å²) in [5.41, 5.74) is 2.63. The number of carbonyl (C=O) groups is 2. The zero-order chi connectivity index (χ0) is 22.2. The normalized spacial score (nSPS) is 23.5. The van der Waals surface area contributed by atoms with Gasteiger partial charge >= 0.3 is 0 Å². The Morgan fingerprint density at radius 1 is 1.19 bits per heavy atom. The summed E-state index contributed by atoms with van der Waals surface area (Å²) >= 11 is 0. The van der Waals surface area contributed by atoms with Crippen molar-refractivity contribution in [1.82, 2.24) is 10.2 Å². The van der Waals surface area contributed by atoms with Crippen LogP contribution in [0.5, 0.6) is 0 Å². The lowest BCUT2D eigenvalue weighted by molar-refractivity contribution is -0.122. The molecule has 0 radical (unpaired) electrons. The third kappa shape index (κ3) is 4.01. The summed E-state index contributed by atoms with van der Waals surface area (Å²) < 4.78 is 19.7. The lowest BCUT2D eigenvalue weighted by Gasteiger charge is -2.32. The smallest absolute Gasteiger partial charge is 0.290 e. The molecule has 2 amide bonds. The van der Waals surface area contributed by atoms with E-state index in [1.54, 1.807) is 12.1 Å². The number of furan rings is 1. The number of aryl methyl sites for hydroxylation is 1. The number of amides is 2. The van der Waals surface area contributed by atoms with Crippen LogP contribution in [0.1, 0.15) is 53.8 Å². The van der Waals surface area contributed by atoms with Crippen molar-refractivity contribution in [1.29, 1.82) is 0 Å². The van der Waals surface area contributed by atoms with Crippen molar-refractivity contribution in [2.75, 3.05) is 0 Å². The fourth-order valence-electron chi connectivity index (χ4n) is 5.27. The number of carbonyl (C=O) groups excluding carboxylic acids is 2. The Morgan fingerprint density at radius 3 is 2.91 bits per heavy atom. The van der Waals surface area contributed by atoms with Crippen molar-refractivity contribution in [2.24, 2.45) is 0 Å². The molecule has 3 heterocycles. The maximum absolute atomic E-state index is 13.8. The van der Waals surface area contributed by atoms with E-state index in [0.29, 0.717) is 30.6 Å². The molecule has 2 aliphatic rings. The number of nitrogens with zero attached hydrogens (tertiary/aromatic N) is 1. The van der Waals surface area contributed by atoms with Gasteiger partial charge in [0.05, 0.1) is 12.1 Å². The summed E-state index contributed by atoms with van der Waals surface area (Å²) in [5, 5.41) is 4.04. The van der Waals surface area contributed by atoms with Gasteiger partial charge in [0.15, 0.2) is 5.76 Å². The molecule has 5 nitrogen and oxygen atoms in total. The van der Waals surface area contributed by atoms with Gasteiger partial charge in [0, 0.05) is 17.8 Å². The molecule has 166 valence electrons. The lowest BCUT2D eigenvalue weighted by atomic mass is 9.97. The van der Waals surface area contributed by atoms with E-state index in [4.69, 9.17) is 4.42 Å². The molecule has 0 unspecified atom stereocenters. The predicted molar refractivity (Wildman–Crippen MR) is 120 cm³/mol. The van der Waals surface area contributed by atoms with Crippen LogP contribution in [0.4, 0.5) is 4.39 Å². The summed E-state index contributed by atoms with van der Waals surface area (Å²) in [7, 11) is 0. The Morgan fingerprint density at radius 2 is 2.06 bits per heavy atom. The van der Waals surface area contributed by atoms with Gasteiger partial charge in [0.1, 0.15) is 11.4 Å². The van der Waals surface area contributed by atoms with Crippen LogP contribution in [-0.2, 0) is 11.2 Å². The monoisotopic (exact) mass is 434 g/mol. The molecule has 32 heavy (non-hydrogen) atoms. The quantitative estimate of drug-likeness (QED) is 0.646. The highest BCUT2D eigenvalue weighted by Crippen LogP contribution is 2.34. The first-order valence-corrected chi connectivity index (χ1v) is 11.3. The highest BCUT2D eigenvalue weighted by molar-refractivity contribution is 5.97. The van der Waals surface area contributed by atoms with Crippen LogP contribution in [-0.4, -0.2) is 34.8 Å². The first-order chi connectivity index (χ1) is 15.5. The molecule has 2 fully saturated rings. The summed E-state index contributed by atoms with van der Waals surface area (Å²) in [6.07, 6.45) is 4.24. The van der Waals surface area contributed by atoms with Gasteiger partial charge < -0.3 is 14.6 Å². The van der Waals surface area contributed by atoms with E-state index in [0.717, 1.165) is 35.8 Å².